The Morgan fingerprint density at radius 1 is 1.32 bits per heavy atom. The number of aryl methyl sites for hydroxylation is 1. The van der Waals surface area contributed by atoms with Gasteiger partial charge in [0.1, 0.15) is 0 Å². The Labute approximate surface area is 116 Å². The van der Waals surface area contributed by atoms with E-state index in [2.05, 4.69) is 10.2 Å². The van der Waals surface area contributed by atoms with Gasteiger partial charge in [0.05, 0.1) is 7.11 Å². The van der Waals surface area contributed by atoms with Gasteiger partial charge < -0.3 is 15.2 Å². The number of aromatic nitrogens is 2. The fourth-order valence-electron chi connectivity index (χ4n) is 1.71. The first-order chi connectivity index (χ1) is 9.13. The third-order valence-corrected chi connectivity index (χ3v) is 3.54. The Morgan fingerprint density at radius 2 is 2.11 bits per heavy atom. The van der Waals surface area contributed by atoms with E-state index in [-0.39, 0.29) is 6.10 Å². The molecule has 2 aromatic rings. The number of rotatable bonds is 5. The van der Waals surface area contributed by atoms with E-state index in [0.29, 0.717) is 10.9 Å². The maximum absolute atomic E-state index is 5.97. The summed E-state index contributed by atoms with van der Waals surface area (Å²) in [4.78, 5) is 0. The highest BCUT2D eigenvalue weighted by Gasteiger charge is 2.18. The number of nitrogens with zero attached hydrogens (tertiary/aromatic N) is 2. The zero-order chi connectivity index (χ0) is 13.8. The van der Waals surface area contributed by atoms with Gasteiger partial charge in [0, 0.05) is 0 Å². The van der Waals surface area contributed by atoms with Crippen LogP contribution in [0.3, 0.4) is 0 Å². The molecule has 5 nitrogen and oxygen atoms in total. The van der Waals surface area contributed by atoms with Crippen molar-refractivity contribution < 1.29 is 9.47 Å². The molecule has 0 aliphatic carbocycles. The fourth-order valence-corrected chi connectivity index (χ4v) is 2.43. The van der Waals surface area contributed by atoms with E-state index in [1.807, 2.05) is 32.0 Å². The highest BCUT2D eigenvalue weighted by molar-refractivity contribution is 7.15. The minimum absolute atomic E-state index is 0.161. The van der Waals surface area contributed by atoms with Crippen LogP contribution in [-0.2, 0) is 0 Å². The fraction of sp³-hybridized carbons (Fsp3) is 0.385. The number of anilines is 1. The number of nitrogens with two attached hydrogens (primary N) is 1. The van der Waals surface area contributed by atoms with Crippen LogP contribution in [0.15, 0.2) is 18.2 Å². The van der Waals surface area contributed by atoms with Crippen molar-refractivity contribution in [2.75, 3.05) is 12.8 Å². The first-order valence-corrected chi connectivity index (χ1v) is 6.85. The molecular weight excluding hydrogens is 262 g/mol. The van der Waals surface area contributed by atoms with Crippen LogP contribution >= 0.6 is 11.3 Å². The lowest BCUT2D eigenvalue weighted by atomic mass is 10.2. The number of methoxy groups -OCH3 is 1. The average Bonchev–Trinajstić information content (AvgIpc) is 2.83. The van der Waals surface area contributed by atoms with Gasteiger partial charge in [0.2, 0.25) is 5.13 Å². The van der Waals surface area contributed by atoms with E-state index in [1.165, 1.54) is 11.3 Å². The predicted octanol–water partition coefficient (Wildman–Crippen LogP) is 2.97. The van der Waals surface area contributed by atoms with E-state index >= 15 is 0 Å². The lowest BCUT2D eigenvalue weighted by Crippen LogP contribution is -2.07. The summed E-state index contributed by atoms with van der Waals surface area (Å²) in [7, 11) is 1.63. The molecule has 0 fully saturated rings. The van der Waals surface area contributed by atoms with Gasteiger partial charge in [-0.3, -0.25) is 0 Å². The average molecular weight is 279 g/mol. The van der Waals surface area contributed by atoms with Crippen LogP contribution in [0.2, 0.25) is 0 Å². The molecule has 2 rings (SSSR count). The first-order valence-electron chi connectivity index (χ1n) is 6.04. The second-order valence-corrected chi connectivity index (χ2v) is 5.19. The van der Waals surface area contributed by atoms with Crippen molar-refractivity contribution in [2.24, 2.45) is 0 Å². The number of nitrogen functional groups attached to an aromatic ring is 1. The van der Waals surface area contributed by atoms with Gasteiger partial charge in [-0.2, -0.15) is 0 Å². The van der Waals surface area contributed by atoms with Crippen LogP contribution < -0.4 is 15.2 Å². The molecule has 0 aliphatic rings. The van der Waals surface area contributed by atoms with Crippen LogP contribution in [0, 0.1) is 6.92 Å². The molecule has 0 radical (unpaired) electrons. The molecule has 1 aromatic heterocycles. The smallest absolute Gasteiger partial charge is 0.203 e. The number of ether oxygens (including phenoxy) is 2. The minimum Gasteiger partial charge on any atom is -0.493 e. The third-order valence-electron chi connectivity index (χ3n) is 2.69. The molecular formula is C13H17N3O2S. The summed E-state index contributed by atoms with van der Waals surface area (Å²) in [5.41, 5.74) is 6.73. The molecule has 19 heavy (non-hydrogen) atoms. The zero-order valence-corrected chi connectivity index (χ0v) is 12.0. The van der Waals surface area contributed by atoms with Gasteiger partial charge in [0.25, 0.3) is 0 Å². The predicted molar refractivity (Wildman–Crippen MR) is 75.7 cm³/mol. The largest absolute Gasteiger partial charge is 0.493 e. The lowest BCUT2D eigenvalue weighted by molar-refractivity contribution is 0.191. The zero-order valence-electron chi connectivity index (χ0n) is 11.2. The van der Waals surface area contributed by atoms with Crippen molar-refractivity contribution >= 4 is 16.5 Å². The molecule has 2 N–H and O–H groups in total. The maximum atomic E-state index is 5.97. The van der Waals surface area contributed by atoms with Crippen LogP contribution in [0.25, 0.3) is 0 Å². The molecule has 0 saturated heterocycles. The highest BCUT2D eigenvalue weighted by Crippen LogP contribution is 2.34. The topological polar surface area (TPSA) is 70.3 Å². The minimum atomic E-state index is -0.161. The van der Waals surface area contributed by atoms with Crippen molar-refractivity contribution in [3.05, 3.63) is 28.8 Å². The van der Waals surface area contributed by atoms with E-state index < -0.39 is 0 Å². The molecule has 102 valence electrons. The molecule has 6 heteroatoms. The maximum Gasteiger partial charge on any atom is 0.203 e. The number of hydrogen-bond acceptors (Lipinski definition) is 6. The SMILES string of the molecule is CCC(Oc1ccc(C)cc1OC)c1nnc(N)s1. The summed E-state index contributed by atoms with van der Waals surface area (Å²) in [6, 6.07) is 5.83. The van der Waals surface area contributed by atoms with Gasteiger partial charge in [-0.15, -0.1) is 10.2 Å². The first kappa shape index (κ1) is 13.6. The Morgan fingerprint density at radius 3 is 2.68 bits per heavy atom. The Hall–Kier alpha value is -1.82. The molecule has 0 aliphatic heterocycles. The van der Waals surface area contributed by atoms with Gasteiger partial charge in [-0.25, -0.2) is 0 Å². The molecule has 0 bridgehead atoms. The Bertz CT molecular complexity index is 557. The van der Waals surface area contributed by atoms with Gasteiger partial charge in [0.15, 0.2) is 22.6 Å². The Balaban J connectivity index is 2.23. The van der Waals surface area contributed by atoms with Gasteiger partial charge in [-0.1, -0.05) is 24.3 Å². The van der Waals surface area contributed by atoms with Gasteiger partial charge >= 0.3 is 0 Å². The van der Waals surface area contributed by atoms with Gasteiger partial charge in [-0.05, 0) is 31.0 Å². The molecule has 1 unspecified atom stereocenters. The van der Waals surface area contributed by atoms with E-state index in [0.717, 1.165) is 22.7 Å². The highest BCUT2D eigenvalue weighted by atomic mass is 32.1. The summed E-state index contributed by atoms with van der Waals surface area (Å²) in [5, 5.41) is 9.08. The second-order valence-electron chi connectivity index (χ2n) is 4.15. The van der Waals surface area contributed by atoms with Crippen molar-refractivity contribution in [1.82, 2.24) is 10.2 Å². The molecule has 1 heterocycles. The quantitative estimate of drug-likeness (QED) is 0.911. The lowest BCUT2D eigenvalue weighted by Gasteiger charge is -2.17. The van der Waals surface area contributed by atoms with Crippen LogP contribution in [0.4, 0.5) is 5.13 Å². The summed E-state index contributed by atoms with van der Waals surface area (Å²) >= 11 is 1.35. The molecule has 1 aromatic carbocycles. The van der Waals surface area contributed by atoms with Crippen molar-refractivity contribution in [3.8, 4) is 11.5 Å². The number of hydrogen-bond donors (Lipinski definition) is 1. The van der Waals surface area contributed by atoms with Crippen LogP contribution in [-0.4, -0.2) is 17.3 Å². The standard InChI is InChI=1S/C13H17N3O2S/c1-4-9(12-15-16-13(14)19-12)18-10-6-5-8(2)7-11(10)17-3/h5-7,9H,4H2,1-3H3,(H2,14,16). The third kappa shape index (κ3) is 3.14. The molecule has 0 spiro atoms. The van der Waals surface area contributed by atoms with Crippen molar-refractivity contribution in [1.29, 1.82) is 0 Å². The normalized spacial score (nSPS) is 12.2. The van der Waals surface area contributed by atoms with E-state index in [4.69, 9.17) is 15.2 Å². The summed E-state index contributed by atoms with van der Waals surface area (Å²) < 4.78 is 11.3. The Kier molecular flexibility index (Phi) is 4.21. The summed E-state index contributed by atoms with van der Waals surface area (Å²) in [6.07, 6.45) is 0.623. The summed E-state index contributed by atoms with van der Waals surface area (Å²) in [6.45, 7) is 4.04. The number of benzene rings is 1. The molecule has 0 amide bonds. The van der Waals surface area contributed by atoms with E-state index in [1.54, 1.807) is 7.11 Å². The van der Waals surface area contributed by atoms with Crippen molar-refractivity contribution in [3.63, 3.8) is 0 Å². The molecule has 1 atom stereocenters. The summed E-state index contributed by atoms with van der Waals surface area (Å²) in [5.74, 6) is 1.42. The van der Waals surface area contributed by atoms with E-state index in [9.17, 15) is 0 Å². The van der Waals surface area contributed by atoms with Crippen LogP contribution in [0.5, 0.6) is 11.5 Å². The van der Waals surface area contributed by atoms with Crippen LogP contribution in [0.1, 0.15) is 30.0 Å². The monoisotopic (exact) mass is 279 g/mol. The second kappa shape index (κ2) is 5.88. The van der Waals surface area contributed by atoms with Crippen molar-refractivity contribution in [2.45, 2.75) is 26.4 Å². The molecule has 0 saturated carbocycles.